The number of hydrogen-bond donors (Lipinski definition) is 1. The quantitative estimate of drug-likeness (QED) is 0.284. The van der Waals surface area contributed by atoms with E-state index in [-0.39, 0.29) is 24.5 Å². The van der Waals surface area contributed by atoms with Crippen LogP contribution in [0.3, 0.4) is 0 Å². The van der Waals surface area contributed by atoms with Gasteiger partial charge in [0, 0.05) is 25.8 Å². The molecule has 142 valence electrons. The van der Waals surface area contributed by atoms with Gasteiger partial charge in [-0.05, 0) is 47.0 Å². The van der Waals surface area contributed by atoms with Crippen molar-refractivity contribution in [2.75, 3.05) is 20.8 Å². The fourth-order valence-electron chi connectivity index (χ4n) is 2.86. The highest BCUT2D eigenvalue weighted by Gasteiger charge is 2.35. The minimum Gasteiger partial charge on any atom is -0.356 e. The highest BCUT2D eigenvalue weighted by molar-refractivity contribution is 7.43. The first-order valence-electron chi connectivity index (χ1n) is 8.63. The molecule has 1 N–H and O–H groups in total. The second kappa shape index (κ2) is 13.0. The first-order chi connectivity index (χ1) is 11.3. The molecule has 24 heavy (non-hydrogen) atoms. The van der Waals surface area contributed by atoms with Gasteiger partial charge in [0.2, 0.25) is 0 Å². The van der Waals surface area contributed by atoms with Gasteiger partial charge in [-0.15, -0.1) is 0 Å². The van der Waals surface area contributed by atoms with E-state index in [2.05, 4.69) is 27.7 Å². The Kier molecular flexibility index (Phi) is 12.8. The first-order valence-corrected chi connectivity index (χ1v) is 9.80. The van der Waals surface area contributed by atoms with Crippen molar-refractivity contribution in [1.29, 1.82) is 5.26 Å². The third-order valence-electron chi connectivity index (χ3n) is 3.97. The standard InChI is InChI=1S/C17H35N2O4P/c1-15(2)19(24(20)23-14-10-13-18)17(3,4)12-9-7-8-11-16(21-5)22-6/h15-16,20H,7-12,14H2,1-6H3. The van der Waals surface area contributed by atoms with Crippen LogP contribution >= 0.6 is 8.53 Å². The Hall–Kier alpha value is -0.280. The molecule has 6 nitrogen and oxygen atoms in total. The predicted molar refractivity (Wildman–Crippen MR) is 97.3 cm³/mol. The molecule has 0 bridgehead atoms. The lowest BCUT2D eigenvalue weighted by Crippen LogP contribution is -2.44. The molecule has 0 fully saturated rings. The van der Waals surface area contributed by atoms with E-state index in [4.69, 9.17) is 19.3 Å². The Morgan fingerprint density at radius 2 is 1.79 bits per heavy atom. The molecule has 0 amide bonds. The van der Waals surface area contributed by atoms with Crippen molar-refractivity contribution < 1.29 is 18.9 Å². The average Bonchev–Trinajstić information content (AvgIpc) is 2.50. The molecule has 0 rings (SSSR count). The van der Waals surface area contributed by atoms with Gasteiger partial charge in [-0.1, -0.05) is 12.8 Å². The van der Waals surface area contributed by atoms with E-state index < -0.39 is 8.53 Å². The number of hydrogen-bond acceptors (Lipinski definition) is 6. The van der Waals surface area contributed by atoms with Gasteiger partial charge in [0.25, 0.3) is 8.53 Å². The van der Waals surface area contributed by atoms with E-state index >= 15 is 0 Å². The Balaban J connectivity index is 4.38. The van der Waals surface area contributed by atoms with Gasteiger partial charge in [0.05, 0.1) is 19.1 Å². The summed E-state index contributed by atoms with van der Waals surface area (Å²) < 4.78 is 17.9. The Morgan fingerprint density at radius 1 is 1.17 bits per heavy atom. The molecule has 0 spiro atoms. The lowest BCUT2D eigenvalue weighted by atomic mass is 9.95. The molecule has 1 unspecified atom stereocenters. The summed E-state index contributed by atoms with van der Waals surface area (Å²) in [6, 6.07) is 2.20. The summed E-state index contributed by atoms with van der Waals surface area (Å²) >= 11 is 0. The van der Waals surface area contributed by atoms with Gasteiger partial charge in [-0.3, -0.25) is 0 Å². The summed E-state index contributed by atoms with van der Waals surface area (Å²) in [7, 11) is 1.64. The van der Waals surface area contributed by atoms with Crippen molar-refractivity contribution in [1.82, 2.24) is 4.67 Å². The first kappa shape index (κ1) is 23.7. The lowest BCUT2D eigenvalue weighted by Gasteiger charge is -2.42. The third kappa shape index (κ3) is 9.27. The lowest BCUT2D eigenvalue weighted by molar-refractivity contribution is -0.107. The van der Waals surface area contributed by atoms with Gasteiger partial charge in [-0.2, -0.15) is 5.26 Å². The minimum absolute atomic E-state index is 0.121. The van der Waals surface area contributed by atoms with Crippen molar-refractivity contribution in [3.8, 4) is 6.07 Å². The smallest absolute Gasteiger partial charge is 0.256 e. The van der Waals surface area contributed by atoms with E-state index in [0.717, 1.165) is 32.1 Å². The Labute approximate surface area is 149 Å². The van der Waals surface area contributed by atoms with Crippen LogP contribution in [0.5, 0.6) is 0 Å². The highest BCUT2D eigenvalue weighted by atomic mass is 31.2. The number of nitrogens with zero attached hydrogens (tertiary/aromatic N) is 2. The maximum absolute atomic E-state index is 10.4. The molecule has 0 aliphatic heterocycles. The number of rotatable bonds is 14. The molecule has 0 heterocycles. The van der Waals surface area contributed by atoms with Gasteiger partial charge < -0.3 is 18.9 Å². The van der Waals surface area contributed by atoms with Crippen LogP contribution in [0, 0.1) is 11.3 Å². The normalized spacial score (nSPS) is 13.7. The second-order valence-electron chi connectivity index (χ2n) is 6.75. The molecular weight excluding hydrogens is 327 g/mol. The predicted octanol–water partition coefficient (Wildman–Crippen LogP) is 4.19. The summed E-state index contributed by atoms with van der Waals surface area (Å²) in [6.45, 7) is 8.66. The van der Waals surface area contributed by atoms with Crippen molar-refractivity contribution >= 4 is 8.53 Å². The topological polar surface area (TPSA) is 75.0 Å². The summed E-state index contributed by atoms with van der Waals surface area (Å²) in [4.78, 5) is 10.4. The van der Waals surface area contributed by atoms with Gasteiger partial charge in [-0.25, -0.2) is 4.67 Å². The summed E-state index contributed by atoms with van der Waals surface area (Å²) in [5, 5.41) is 8.59. The fourth-order valence-corrected chi connectivity index (χ4v) is 4.19. The molecule has 0 saturated carbocycles. The van der Waals surface area contributed by atoms with Crippen LogP contribution in [0.25, 0.3) is 0 Å². The van der Waals surface area contributed by atoms with Crippen molar-refractivity contribution in [3.05, 3.63) is 0 Å². The summed E-state index contributed by atoms with van der Waals surface area (Å²) in [5.41, 5.74) is -0.164. The van der Waals surface area contributed by atoms with Crippen LogP contribution in [0.15, 0.2) is 0 Å². The molecule has 1 atom stereocenters. The van der Waals surface area contributed by atoms with Gasteiger partial charge >= 0.3 is 0 Å². The zero-order valence-electron chi connectivity index (χ0n) is 16.1. The maximum atomic E-state index is 10.4. The van der Waals surface area contributed by atoms with Crippen molar-refractivity contribution in [2.45, 2.75) is 84.1 Å². The average molecular weight is 362 g/mol. The molecule has 0 saturated heterocycles. The number of nitriles is 1. The van der Waals surface area contributed by atoms with Gasteiger partial charge in [0.1, 0.15) is 0 Å². The second-order valence-corrected chi connectivity index (χ2v) is 7.94. The van der Waals surface area contributed by atoms with Crippen LogP contribution < -0.4 is 0 Å². The van der Waals surface area contributed by atoms with E-state index in [1.54, 1.807) is 14.2 Å². The monoisotopic (exact) mass is 362 g/mol. The van der Waals surface area contributed by atoms with Crippen LogP contribution in [-0.2, 0) is 14.0 Å². The van der Waals surface area contributed by atoms with Crippen molar-refractivity contribution in [3.63, 3.8) is 0 Å². The van der Waals surface area contributed by atoms with E-state index in [9.17, 15) is 4.89 Å². The molecule has 0 aliphatic rings. The molecule has 0 aromatic heterocycles. The summed E-state index contributed by atoms with van der Waals surface area (Å²) in [5.74, 6) is 0. The number of ether oxygens (including phenoxy) is 2. The Morgan fingerprint density at radius 3 is 2.29 bits per heavy atom. The zero-order chi connectivity index (χ0) is 18.6. The van der Waals surface area contributed by atoms with Crippen LogP contribution in [0.1, 0.15) is 66.2 Å². The third-order valence-corrected chi connectivity index (χ3v) is 5.75. The molecule has 7 heteroatoms. The molecule has 0 aromatic rings. The SMILES string of the molecule is COC(CCCCCC(C)(C)N(C(C)C)P(O)OCCC#N)OC. The zero-order valence-corrected chi connectivity index (χ0v) is 17.0. The van der Waals surface area contributed by atoms with Crippen LogP contribution in [-0.4, -0.2) is 48.3 Å². The van der Waals surface area contributed by atoms with E-state index in [1.807, 2.05) is 10.7 Å². The van der Waals surface area contributed by atoms with Gasteiger partial charge in [0.15, 0.2) is 6.29 Å². The number of methoxy groups -OCH3 is 2. The largest absolute Gasteiger partial charge is 0.356 e. The van der Waals surface area contributed by atoms with Crippen LogP contribution in [0.2, 0.25) is 0 Å². The molecule has 0 radical (unpaired) electrons. The Bertz CT molecular complexity index is 357. The minimum atomic E-state index is -1.68. The molecule has 0 aliphatic carbocycles. The van der Waals surface area contributed by atoms with E-state index in [0.29, 0.717) is 6.42 Å². The van der Waals surface area contributed by atoms with Crippen molar-refractivity contribution in [2.24, 2.45) is 0 Å². The molecule has 0 aromatic carbocycles. The van der Waals surface area contributed by atoms with Crippen LogP contribution in [0.4, 0.5) is 0 Å². The highest BCUT2D eigenvalue weighted by Crippen LogP contribution is 2.45. The fraction of sp³-hybridized carbons (Fsp3) is 0.941. The number of unbranched alkanes of at least 4 members (excludes halogenated alkanes) is 2. The molecular formula is C17H35N2O4P. The van der Waals surface area contributed by atoms with E-state index in [1.165, 1.54) is 0 Å². The summed E-state index contributed by atoms with van der Waals surface area (Å²) in [6.07, 6.45) is 5.25. The maximum Gasteiger partial charge on any atom is 0.256 e.